The van der Waals surface area contributed by atoms with E-state index >= 15 is 0 Å². The minimum Gasteiger partial charge on any atom is -0.356 e. The Labute approximate surface area is 131 Å². The van der Waals surface area contributed by atoms with Gasteiger partial charge in [-0.15, -0.1) is 12.4 Å². The van der Waals surface area contributed by atoms with Gasteiger partial charge in [-0.1, -0.05) is 13.0 Å². The van der Waals surface area contributed by atoms with Crippen molar-refractivity contribution in [1.82, 2.24) is 16.0 Å². The van der Waals surface area contributed by atoms with E-state index in [9.17, 15) is 9.59 Å². The van der Waals surface area contributed by atoms with Gasteiger partial charge in [0.2, 0.25) is 5.91 Å². The number of rotatable bonds is 6. The number of fused-ring (bicyclic) bond motifs is 1. The lowest BCUT2D eigenvalue weighted by molar-refractivity contribution is -0.120. The summed E-state index contributed by atoms with van der Waals surface area (Å²) in [5.41, 5.74) is 3.08. The highest BCUT2D eigenvalue weighted by atomic mass is 35.5. The maximum atomic E-state index is 12.0. The lowest BCUT2D eigenvalue weighted by Gasteiger charge is -2.07. The molecule has 0 aromatic heterocycles. The standard InChI is InChI=1S/C15H21N3O2.ClH/c1-2-6-17-14(19)5-7-18-15(20)11-3-4-12-9-16-10-13(12)8-11;/h3-4,8,16H,2,5-7,9-10H2,1H3,(H,17,19)(H,18,20);1H. The third kappa shape index (κ3) is 5.02. The van der Waals surface area contributed by atoms with Crippen LogP contribution in [0.2, 0.25) is 0 Å². The van der Waals surface area contributed by atoms with E-state index in [-0.39, 0.29) is 24.2 Å². The van der Waals surface area contributed by atoms with Gasteiger partial charge in [-0.25, -0.2) is 0 Å². The zero-order valence-corrected chi connectivity index (χ0v) is 13.0. The molecule has 0 bridgehead atoms. The van der Waals surface area contributed by atoms with E-state index < -0.39 is 0 Å². The third-order valence-electron chi connectivity index (χ3n) is 3.31. The van der Waals surface area contributed by atoms with E-state index in [0.29, 0.717) is 25.1 Å². The summed E-state index contributed by atoms with van der Waals surface area (Å²) in [5, 5.41) is 8.81. The van der Waals surface area contributed by atoms with Crippen molar-refractivity contribution in [3.8, 4) is 0 Å². The van der Waals surface area contributed by atoms with Crippen molar-refractivity contribution in [2.24, 2.45) is 0 Å². The maximum absolute atomic E-state index is 12.0. The van der Waals surface area contributed by atoms with Gasteiger partial charge in [0.1, 0.15) is 0 Å². The molecule has 0 radical (unpaired) electrons. The molecular formula is C15H22ClN3O2. The first-order chi connectivity index (χ1) is 9.70. The van der Waals surface area contributed by atoms with Gasteiger partial charge in [-0.3, -0.25) is 9.59 Å². The van der Waals surface area contributed by atoms with Crippen LogP contribution in [0, 0.1) is 0 Å². The molecule has 0 saturated carbocycles. The van der Waals surface area contributed by atoms with Crippen molar-refractivity contribution in [3.05, 3.63) is 34.9 Å². The van der Waals surface area contributed by atoms with Crippen molar-refractivity contribution < 1.29 is 9.59 Å². The largest absolute Gasteiger partial charge is 0.356 e. The molecule has 1 heterocycles. The SMILES string of the molecule is CCCNC(=O)CCNC(=O)c1ccc2c(c1)CNC2.Cl. The molecular weight excluding hydrogens is 290 g/mol. The van der Waals surface area contributed by atoms with Crippen LogP contribution in [0.5, 0.6) is 0 Å². The van der Waals surface area contributed by atoms with Crippen molar-refractivity contribution in [2.45, 2.75) is 32.9 Å². The maximum Gasteiger partial charge on any atom is 0.251 e. The molecule has 0 aliphatic carbocycles. The molecule has 3 N–H and O–H groups in total. The molecule has 1 aromatic rings. The average molecular weight is 312 g/mol. The number of halogens is 1. The average Bonchev–Trinajstić information content (AvgIpc) is 2.92. The minimum atomic E-state index is -0.122. The van der Waals surface area contributed by atoms with Crippen LogP contribution in [0.1, 0.15) is 41.3 Å². The molecule has 6 heteroatoms. The van der Waals surface area contributed by atoms with Gasteiger partial charge >= 0.3 is 0 Å². The lowest BCUT2D eigenvalue weighted by atomic mass is 10.1. The first-order valence-corrected chi connectivity index (χ1v) is 7.08. The van der Waals surface area contributed by atoms with E-state index in [2.05, 4.69) is 16.0 Å². The molecule has 2 amide bonds. The summed E-state index contributed by atoms with van der Waals surface area (Å²) in [7, 11) is 0. The summed E-state index contributed by atoms with van der Waals surface area (Å²) in [6.07, 6.45) is 1.24. The summed E-state index contributed by atoms with van der Waals surface area (Å²) >= 11 is 0. The highest BCUT2D eigenvalue weighted by Gasteiger charge is 2.13. The fourth-order valence-corrected chi connectivity index (χ4v) is 2.18. The van der Waals surface area contributed by atoms with E-state index in [4.69, 9.17) is 0 Å². The number of hydrogen-bond donors (Lipinski definition) is 3. The Morgan fingerprint density at radius 3 is 2.67 bits per heavy atom. The Hall–Kier alpha value is -1.59. The molecule has 2 rings (SSSR count). The van der Waals surface area contributed by atoms with Crippen molar-refractivity contribution in [2.75, 3.05) is 13.1 Å². The predicted molar refractivity (Wildman–Crippen MR) is 84.5 cm³/mol. The summed E-state index contributed by atoms with van der Waals surface area (Å²) in [6, 6.07) is 5.73. The Morgan fingerprint density at radius 1 is 1.14 bits per heavy atom. The zero-order chi connectivity index (χ0) is 14.4. The van der Waals surface area contributed by atoms with Gasteiger partial charge < -0.3 is 16.0 Å². The Kier molecular flexibility index (Phi) is 7.19. The summed E-state index contributed by atoms with van der Waals surface area (Å²) in [6.45, 7) is 4.74. The number of amides is 2. The molecule has 0 atom stereocenters. The van der Waals surface area contributed by atoms with E-state index in [1.165, 1.54) is 11.1 Å². The summed E-state index contributed by atoms with van der Waals surface area (Å²) in [5.74, 6) is -0.145. The van der Waals surface area contributed by atoms with Gasteiger partial charge in [0.05, 0.1) is 0 Å². The van der Waals surface area contributed by atoms with E-state index in [1.54, 1.807) is 0 Å². The number of hydrogen-bond acceptors (Lipinski definition) is 3. The second kappa shape index (κ2) is 8.64. The fourth-order valence-electron chi connectivity index (χ4n) is 2.18. The van der Waals surface area contributed by atoms with Crippen LogP contribution in [0.15, 0.2) is 18.2 Å². The second-order valence-corrected chi connectivity index (χ2v) is 4.94. The van der Waals surface area contributed by atoms with Crippen molar-refractivity contribution in [3.63, 3.8) is 0 Å². The molecule has 116 valence electrons. The Bertz CT molecular complexity index is 506. The highest BCUT2D eigenvalue weighted by molar-refractivity contribution is 5.94. The van der Waals surface area contributed by atoms with Crippen LogP contribution in [0.4, 0.5) is 0 Å². The molecule has 21 heavy (non-hydrogen) atoms. The number of carbonyl (C=O) groups excluding carboxylic acids is 2. The quantitative estimate of drug-likeness (QED) is 0.743. The summed E-state index contributed by atoms with van der Waals surface area (Å²) < 4.78 is 0. The minimum absolute atomic E-state index is 0. The number of nitrogens with one attached hydrogen (secondary N) is 3. The van der Waals surface area contributed by atoms with Crippen LogP contribution in [0.25, 0.3) is 0 Å². The van der Waals surface area contributed by atoms with Gasteiger partial charge in [-0.2, -0.15) is 0 Å². The van der Waals surface area contributed by atoms with Gasteiger partial charge in [-0.05, 0) is 29.7 Å². The smallest absolute Gasteiger partial charge is 0.251 e. The molecule has 0 unspecified atom stereocenters. The monoisotopic (exact) mass is 311 g/mol. The molecule has 1 aromatic carbocycles. The van der Waals surface area contributed by atoms with Crippen molar-refractivity contribution in [1.29, 1.82) is 0 Å². The number of carbonyl (C=O) groups is 2. The van der Waals surface area contributed by atoms with Crippen molar-refractivity contribution >= 4 is 24.2 Å². The van der Waals surface area contributed by atoms with Crippen LogP contribution in [-0.4, -0.2) is 24.9 Å². The number of benzene rings is 1. The van der Waals surface area contributed by atoms with Gasteiger partial charge in [0.15, 0.2) is 0 Å². The molecule has 0 spiro atoms. The summed E-state index contributed by atoms with van der Waals surface area (Å²) in [4.78, 5) is 23.4. The Balaban J connectivity index is 0.00000220. The second-order valence-electron chi connectivity index (χ2n) is 4.94. The van der Waals surface area contributed by atoms with Crippen LogP contribution in [0.3, 0.4) is 0 Å². The van der Waals surface area contributed by atoms with Gasteiger partial charge in [0, 0.05) is 38.2 Å². The molecule has 1 aliphatic heterocycles. The first kappa shape index (κ1) is 17.5. The van der Waals surface area contributed by atoms with E-state index in [0.717, 1.165) is 19.5 Å². The van der Waals surface area contributed by atoms with Crippen LogP contribution < -0.4 is 16.0 Å². The lowest BCUT2D eigenvalue weighted by Crippen LogP contribution is -2.31. The molecule has 5 nitrogen and oxygen atoms in total. The predicted octanol–water partition coefficient (Wildman–Crippen LogP) is 1.36. The van der Waals surface area contributed by atoms with Gasteiger partial charge in [0.25, 0.3) is 5.91 Å². The topological polar surface area (TPSA) is 70.2 Å². The third-order valence-corrected chi connectivity index (χ3v) is 3.31. The van der Waals surface area contributed by atoms with E-state index in [1.807, 2.05) is 25.1 Å². The highest BCUT2D eigenvalue weighted by Crippen LogP contribution is 2.16. The first-order valence-electron chi connectivity index (χ1n) is 7.08. The van der Waals surface area contributed by atoms with Crippen LogP contribution >= 0.6 is 12.4 Å². The molecule has 0 fully saturated rings. The molecule has 1 aliphatic rings. The fraction of sp³-hybridized carbons (Fsp3) is 0.467. The normalized spacial score (nSPS) is 12.2. The zero-order valence-electron chi connectivity index (χ0n) is 12.2. The Morgan fingerprint density at radius 2 is 1.90 bits per heavy atom. The van der Waals surface area contributed by atoms with Crippen LogP contribution in [-0.2, 0) is 17.9 Å². The molecule has 0 saturated heterocycles.